The maximum absolute atomic E-state index is 8.36. The van der Waals surface area contributed by atoms with E-state index in [0.717, 1.165) is 23.9 Å². The maximum atomic E-state index is 8.36. The zero-order chi connectivity index (χ0) is 14.8. The smallest absolute Gasteiger partial charge is 0.291 e. The summed E-state index contributed by atoms with van der Waals surface area (Å²) in [5, 5.41) is 13.6. The molecule has 0 amide bonds. The van der Waals surface area contributed by atoms with Crippen molar-refractivity contribution in [2.75, 3.05) is 26.2 Å². The molecule has 0 spiro atoms. The van der Waals surface area contributed by atoms with Crippen LogP contribution in [0.5, 0.6) is 0 Å². The highest BCUT2D eigenvalue weighted by Gasteiger charge is 2.46. The standard InChI is InChI=1S/C15H26N2.HNO3/c1-3-7-16-11-13-9-12(14(16)5-1)10-17-8-4-2-6-15(13)17;2-1(3)4/h12-15H,1-11H2;(H,2,3,4)/t12-,13-,14-,15+;/m0./s1. The molecule has 0 unspecified atom stereocenters. The summed E-state index contributed by atoms with van der Waals surface area (Å²) in [5.74, 6) is 2.03. The Kier molecular flexibility index (Phi) is 4.64. The van der Waals surface area contributed by atoms with Gasteiger partial charge in [-0.25, -0.2) is 0 Å². The lowest BCUT2D eigenvalue weighted by molar-refractivity contribution is -0.742. The SMILES string of the molecule is C1CCN2C[C@@H]3C[C@@H](CN4CCCC[C@@H]34)[C@H]2C1.O=[N+]([O-])O. The van der Waals surface area contributed by atoms with Gasteiger partial charge in [0.2, 0.25) is 0 Å². The average Bonchev–Trinajstić information content (AvgIpc) is 2.47. The third-order valence-electron chi connectivity index (χ3n) is 5.96. The van der Waals surface area contributed by atoms with Crippen LogP contribution >= 0.6 is 0 Å². The van der Waals surface area contributed by atoms with E-state index < -0.39 is 5.09 Å². The van der Waals surface area contributed by atoms with Crippen LogP contribution in [0.1, 0.15) is 44.9 Å². The molecule has 1 N–H and O–H groups in total. The first-order valence-corrected chi connectivity index (χ1v) is 8.46. The van der Waals surface area contributed by atoms with Crippen molar-refractivity contribution in [2.45, 2.75) is 57.0 Å². The molecule has 21 heavy (non-hydrogen) atoms. The van der Waals surface area contributed by atoms with Crippen LogP contribution in [0, 0.1) is 22.0 Å². The van der Waals surface area contributed by atoms with Gasteiger partial charge in [-0.15, -0.1) is 10.1 Å². The minimum Gasteiger partial charge on any atom is -0.328 e. The van der Waals surface area contributed by atoms with E-state index in [1.54, 1.807) is 6.42 Å². The molecule has 6 nitrogen and oxygen atoms in total. The molecular formula is C15H27N3O3. The van der Waals surface area contributed by atoms with Crippen molar-refractivity contribution < 1.29 is 10.3 Å². The van der Waals surface area contributed by atoms with E-state index in [1.807, 2.05) is 0 Å². The number of hydrogen-bond acceptors (Lipinski definition) is 4. The lowest BCUT2D eigenvalue weighted by atomic mass is 9.71. The van der Waals surface area contributed by atoms with E-state index in [-0.39, 0.29) is 0 Å². The van der Waals surface area contributed by atoms with Gasteiger partial charge in [-0.3, -0.25) is 9.80 Å². The van der Waals surface area contributed by atoms with Crippen molar-refractivity contribution in [3.63, 3.8) is 0 Å². The van der Waals surface area contributed by atoms with Gasteiger partial charge < -0.3 is 5.21 Å². The Bertz CT molecular complexity index is 347. The monoisotopic (exact) mass is 297 g/mol. The third-order valence-corrected chi connectivity index (χ3v) is 5.96. The molecule has 120 valence electrons. The Morgan fingerprint density at radius 1 is 0.905 bits per heavy atom. The molecule has 4 aliphatic rings. The fourth-order valence-corrected chi connectivity index (χ4v) is 5.25. The molecule has 0 aromatic carbocycles. The topological polar surface area (TPSA) is 69.9 Å². The van der Waals surface area contributed by atoms with E-state index >= 15 is 0 Å². The van der Waals surface area contributed by atoms with Crippen molar-refractivity contribution in [3.05, 3.63) is 10.1 Å². The van der Waals surface area contributed by atoms with Gasteiger partial charge in [0.15, 0.2) is 0 Å². The van der Waals surface area contributed by atoms with Gasteiger partial charge in [-0.1, -0.05) is 12.8 Å². The van der Waals surface area contributed by atoms with Gasteiger partial charge >= 0.3 is 0 Å². The van der Waals surface area contributed by atoms with E-state index in [0.29, 0.717) is 0 Å². The predicted octanol–water partition coefficient (Wildman–Crippen LogP) is 2.00. The number of fused-ring (bicyclic) bond motifs is 6. The van der Waals surface area contributed by atoms with Gasteiger partial charge in [0, 0.05) is 25.2 Å². The minimum absolute atomic E-state index is 0.961. The molecule has 4 heterocycles. The van der Waals surface area contributed by atoms with Gasteiger partial charge in [-0.2, -0.15) is 0 Å². The number of rotatable bonds is 0. The van der Waals surface area contributed by atoms with Gasteiger partial charge in [-0.05, 0) is 57.0 Å². The molecule has 4 fully saturated rings. The number of piperidine rings is 4. The highest BCUT2D eigenvalue weighted by Crippen LogP contribution is 2.42. The molecule has 0 saturated carbocycles. The molecule has 4 aliphatic heterocycles. The van der Waals surface area contributed by atoms with E-state index in [1.165, 1.54) is 64.7 Å². The summed E-state index contributed by atoms with van der Waals surface area (Å²) in [6.07, 6.45) is 10.5. The number of hydrogen-bond donors (Lipinski definition) is 1. The van der Waals surface area contributed by atoms with Crippen LogP contribution in [0.4, 0.5) is 0 Å². The first kappa shape index (κ1) is 15.0. The molecule has 0 aliphatic carbocycles. The van der Waals surface area contributed by atoms with Crippen LogP contribution in [-0.2, 0) is 0 Å². The highest BCUT2D eigenvalue weighted by molar-refractivity contribution is 5.00. The summed E-state index contributed by atoms with van der Waals surface area (Å²) < 4.78 is 0. The van der Waals surface area contributed by atoms with Crippen molar-refractivity contribution in [1.29, 1.82) is 0 Å². The van der Waals surface area contributed by atoms with Gasteiger partial charge in [0.05, 0.1) is 0 Å². The van der Waals surface area contributed by atoms with Crippen LogP contribution in [-0.4, -0.2) is 58.4 Å². The summed E-state index contributed by atoms with van der Waals surface area (Å²) in [6.45, 7) is 5.68. The van der Waals surface area contributed by atoms with Gasteiger partial charge in [0.25, 0.3) is 5.09 Å². The fraction of sp³-hybridized carbons (Fsp3) is 1.00. The summed E-state index contributed by atoms with van der Waals surface area (Å²) in [4.78, 5) is 14.1. The van der Waals surface area contributed by atoms with E-state index in [2.05, 4.69) is 9.80 Å². The second-order valence-electron chi connectivity index (χ2n) is 7.11. The quantitative estimate of drug-likeness (QED) is 0.547. The van der Waals surface area contributed by atoms with Crippen molar-refractivity contribution in [2.24, 2.45) is 11.8 Å². The predicted molar refractivity (Wildman–Crippen MR) is 78.8 cm³/mol. The van der Waals surface area contributed by atoms with Crippen LogP contribution in [0.15, 0.2) is 0 Å². The Hall–Kier alpha value is -0.880. The second kappa shape index (κ2) is 6.48. The zero-order valence-electron chi connectivity index (χ0n) is 12.7. The fourth-order valence-electron chi connectivity index (χ4n) is 5.25. The summed E-state index contributed by atoms with van der Waals surface area (Å²) in [7, 11) is 0. The average molecular weight is 297 g/mol. The largest absolute Gasteiger partial charge is 0.328 e. The first-order chi connectivity index (χ1) is 10.1. The Balaban J connectivity index is 0.000000298. The molecule has 4 rings (SSSR count). The summed E-state index contributed by atoms with van der Waals surface area (Å²) in [6, 6.07) is 1.92. The summed E-state index contributed by atoms with van der Waals surface area (Å²) in [5.41, 5.74) is 0. The van der Waals surface area contributed by atoms with E-state index in [4.69, 9.17) is 15.3 Å². The first-order valence-electron chi connectivity index (χ1n) is 8.46. The highest BCUT2D eigenvalue weighted by atomic mass is 16.9. The molecule has 0 radical (unpaired) electrons. The lowest BCUT2D eigenvalue weighted by Gasteiger charge is -2.57. The minimum atomic E-state index is -1.50. The normalized spacial score (nSPS) is 39.4. The van der Waals surface area contributed by atoms with Crippen LogP contribution in [0.25, 0.3) is 0 Å². The molecular weight excluding hydrogens is 270 g/mol. The van der Waals surface area contributed by atoms with Gasteiger partial charge in [0.1, 0.15) is 0 Å². The molecule has 4 saturated heterocycles. The molecule has 0 aromatic rings. The Labute approximate surface area is 126 Å². The molecule has 6 heteroatoms. The lowest BCUT2D eigenvalue weighted by Crippen LogP contribution is -2.63. The molecule has 4 atom stereocenters. The third kappa shape index (κ3) is 3.31. The summed E-state index contributed by atoms with van der Waals surface area (Å²) >= 11 is 0. The Morgan fingerprint density at radius 3 is 1.76 bits per heavy atom. The second-order valence-corrected chi connectivity index (χ2v) is 7.11. The van der Waals surface area contributed by atoms with Crippen molar-refractivity contribution in [3.8, 4) is 0 Å². The molecule has 0 aromatic heterocycles. The van der Waals surface area contributed by atoms with E-state index in [9.17, 15) is 0 Å². The molecule has 2 bridgehead atoms. The number of nitrogens with zero attached hydrogens (tertiary/aromatic N) is 3. The maximum Gasteiger partial charge on any atom is 0.291 e. The Morgan fingerprint density at radius 2 is 1.33 bits per heavy atom. The van der Waals surface area contributed by atoms with Crippen LogP contribution in [0.3, 0.4) is 0 Å². The van der Waals surface area contributed by atoms with Crippen LogP contribution in [0.2, 0.25) is 0 Å². The van der Waals surface area contributed by atoms with Crippen molar-refractivity contribution >= 4 is 0 Å². The van der Waals surface area contributed by atoms with Crippen molar-refractivity contribution in [1.82, 2.24) is 9.80 Å². The zero-order valence-corrected chi connectivity index (χ0v) is 12.7. The van der Waals surface area contributed by atoms with Crippen LogP contribution < -0.4 is 0 Å².